The summed E-state index contributed by atoms with van der Waals surface area (Å²) in [6.45, 7) is 0. The minimum Gasteiger partial charge on any atom is -0.368 e. The molecular weight excluding hydrogens is 168 g/mol. The van der Waals surface area contributed by atoms with Crippen molar-refractivity contribution in [1.82, 2.24) is 24.9 Å². The van der Waals surface area contributed by atoms with E-state index in [9.17, 15) is 0 Å². The monoisotopic (exact) mass is 174 g/mol. The van der Waals surface area contributed by atoms with Gasteiger partial charge in [-0.2, -0.15) is 4.98 Å². The highest BCUT2D eigenvalue weighted by Crippen LogP contribution is 2.07. The molecule has 6 nitrogen and oxygen atoms in total. The smallest absolute Gasteiger partial charge is 0.223 e. The maximum absolute atomic E-state index is 5.39. The molecule has 0 atom stereocenters. The molecule has 0 aromatic carbocycles. The first-order valence-electron chi connectivity index (χ1n) is 3.57. The van der Waals surface area contributed by atoms with E-state index >= 15 is 0 Å². The molecule has 0 aliphatic carbocycles. The molecule has 0 amide bonds. The summed E-state index contributed by atoms with van der Waals surface area (Å²) in [6.07, 6.45) is 6.05. The van der Waals surface area contributed by atoms with Gasteiger partial charge in [-0.25, -0.2) is 15.0 Å². The van der Waals surface area contributed by atoms with E-state index in [1.807, 2.05) is 0 Å². The van der Waals surface area contributed by atoms with Gasteiger partial charge in [0.15, 0.2) is 5.82 Å². The fourth-order valence-corrected chi connectivity index (χ4v) is 0.847. The highest BCUT2D eigenvalue weighted by atomic mass is 15.1. The van der Waals surface area contributed by atoms with E-state index in [4.69, 9.17) is 5.73 Å². The Labute approximate surface area is 73.9 Å². The van der Waals surface area contributed by atoms with Crippen LogP contribution in [0.4, 0.5) is 5.95 Å². The molecule has 2 heterocycles. The number of rotatable bonds is 1. The minimum absolute atomic E-state index is 0.177. The van der Waals surface area contributed by atoms with Crippen LogP contribution in [0.15, 0.2) is 24.9 Å². The lowest BCUT2D eigenvalue weighted by atomic mass is 10.4. The third-order valence-electron chi connectivity index (χ3n) is 1.38. The molecule has 0 bridgehead atoms. The zero-order valence-corrected chi connectivity index (χ0v) is 6.62. The Hall–Kier alpha value is -2.11. The Bertz CT molecular complexity index is 401. The molecule has 2 aromatic rings. The summed E-state index contributed by atoms with van der Waals surface area (Å²) in [5, 5.41) is 0. The highest BCUT2D eigenvalue weighted by molar-refractivity contribution is 5.47. The Morgan fingerprint density at radius 3 is 2.69 bits per heavy atom. The average molecular weight is 174 g/mol. The number of aromatic nitrogens is 5. The van der Waals surface area contributed by atoms with Crippen LogP contribution in [0.5, 0.6) is 0 Å². The summed E-state index contributed by atoms with van der Waals surface area (Å²) in [5.74, 6) is 0.608. The van der Waals surface area contributed by atoms with Crippen LogP contribution in [0.3, 0.4) is 0 Å². The van der Waals surface area contributed by atoms with Gasteiger partial charge in [-0.15, -0.1) is 0 Å². The molecule has 6 heteroatoms. The van der Waals surface area contributed by atoms with Gasteiger partial charge in [-0.05, 0) is 0 Å². The summed E-state index contributed by atoms with van der Waals surface area (Å²) in [6, 6.07) is 0. The van der Waals surface area contributed by atoms with Crippen molar-refractivity contribution in [2.75, 3.05) is 5.73 Å². The number of nitrogen functional groups attached to an aromatic ring is 1. The lowest BCUT2D eigenvalue weighted by Gasteiger charge is -1.96. The van der Waals surface area contributed by atoms with Crippen molar-refractivity contribution < 1.29 is 0 Å². The predicted molar refractivity (Wildman–Crippen MR) is 45.3 cm³/mol. The largest absolute Gasteiger partial charge is 0.368 e. The molecule has 0 saturated heterocycles. The van der Waals surface area contributed by atoms with Crippen molar-refractivity contribution in [3.63, 3.8) is 0 Å². The van der Waals surface area contributed by atoms with Gasteiger partial charge in [0.25, 0.3) is 0 Å². The molecular formula is C7H6N6. The summed E-state index contributed by atoms with van der Waals surface area (Å²) < 4.78 is 0. The number of anilines is 1. The van der Waals surface area contributed by atoms with E-state index in [0.717, 1.165) is 0 Å². The van der Waals surface area contributed by atoms with Crippen molar-refractivity contribution in [2.24, 2.45) is 0 Å². The summed E-state index contributed by atoms with van der Waals surface area (Å²) >= 11 is 0. The number of hydrogen-bond acceptors (Lipinski definition) is 6. The van der Waals surface area contributed by atoms with Crippen LogP contribution in [0, 0.1) is 0 Å². The molecule has 2 rings (SSSR count). The van der Waals surface area contributed by atoms with E-state index in [0.29, 0.717) is 11.5 Å². The highest BCUT2D eigenvalue weighted by Gasteiger charge is 2.01. The molecule has 0 spiro atoms. The van der Waals surface area contributed by atoms with Gasteiger partial charge in [0, 0.05) is 12.4 Å². The second-order valence-corrected chi connectivity index (χ2v) is 2.26. The summed E-state index contributed by atoms with van der Waals surface area (Å²) in [7, 11) is 0. The molecule has 0 radical (unpaired) electrons. The Balaban J connectivity index is 2.48. The molecule has 0 aliphatic rings. The van der Waals surface area contributed by atoms with Crippen LogP contribution in [0.1, 0.15) is 0 Å². The van der Waals surface area contributed by atoms with Crippen LogP contribution in [-0.4, -0.2) is 24.9 Å². The summed E-state index contributed by atoms with van der Waals surface area (Å²) in [4.78, 5) is 19.4. The zero-order valence-electron chi connectivity index (χ0n) is 6.62. The van der Waals surface area contributed by atoms with Gasteiger partial charge in [0.05, 0.1) is 6.20 Å². The SMILES string of the molecule is Nc1ncnc(-c2cnccn2)n1. The topological polar surface area (TPSA) is 90.5 Å². The fourth-order valence-electron chi connectivity index (χ4n) is 0.847. The Morgan fingerprint density at radius 1 is 1.08 bits per heavy atom. The van der Waals surface area contributed by atoms with Crippen molar-refractivity contribution in [3.05, 3.63) is 24.9 Å². The molecule has 0 saturated carbocycles. The van der Waals surface area contributed by atoms with E-state index in [-0.39, 0.29) is 5.95 Å². The predicted octanol–water partition coefficient (Wildman–Crippen LogP) is -0.0892. The molecule has 2 N–H and O–H groups in total. The van der Waals surface area contributed by atoms with Crippen LogP contribution >= 0.6 is 0 Å². The van der Waals surface area contributed by atoms with Gasteiger partial charge in [0.1, 0.15) is 12.0 Å². The summed E-state index contributed by atoms with van der Waals surface area (Å²) in [5.41, 5.74) is 5.97. The lowest BCUT2D eigenvalue weighted by Crippen LogP contribution is -1.99. The number of nitrogens with two attached hydrogens (primary N) is 1. The van der Waals surface area contributed by atoms with Gasteiger partial charge in [-0.3, -0.25) is 4.98 Å². The first-order valence-corrected chi connectivity index (χ1v) is 3.57. The van der Waals surface area contributed by atoms with Crippen LogP contribution in [0.2, 0.25) is 0 Å². The van der Waals surface area contributed by atoms with E-state index in [1.165, 1.54) is 6.33 Å². The van der Waals surface area contributed by atoms with Gasteiger partial charge >= 0.3 is 0 Å². The van der Waals surface area contributed by atoms with Crippen LogP contribution < -0.4 is 5.73 Å². The van der Waals surface area contributed by atoms with Crippen LogP contribution in [0.25, 0.3) is 11.5 Å². The molecule has 13 heavy (non-hydrogen) atoms. The maximum atomic E-state index is 5.39. The van der Waals surface area contributed by atoms with Crippen molar-refractivity contribution in [3.8, 4) is 11.5 Å². The van der Waals surface area contributed by atoms with E-state index in [1.54, 1.807) is 18.6 Å². The second-order valence-electron chi connectivity index (χ2n) is 2.26. The van der Waals surface area contributed by atoms with E-state index < -0.39 is 0 Å². The maximum Gasteiger partial charge on any atom is 0.223 e. The quantitative estimate of drug-likeness (QED) is 0.649. The standard InChI is InChI=1S/C7H6N6/c8-7-12-4-11-6(13-7)5-3-9-1-2-10-5/h1-4H,(H2,8,11,12,13). The van der Waals surface area contributed by atoms with Gasteiger partial charge < -0.3 is 5.73 Å². The Morgan fingerprint density at radius 2 is 2.00 bits per heavy atom. The first kappa shape index (κ1) is 7.53. The van der Waals surface area contributed by atoms with Gasteiger partial charge in [-0.1, -0.05) is 0 Å². The molecule has 0 fully saturated rings. The normalized spacial score (nSPS) is 9.85. The molecule has 0 aliphatic heterocycles. The van der Waals surface area contributed by atoms with Crippen molar-refractivity contribution in [2.45, 2.75) is 0 Å². The minimum atomic E-state index is 0.177. The number of nitrogens with zero attached hydrogens (tertiary/aromatic N) is 5. The molecule has 64 valence electrons. The van der Waals surface area contributed by atoms with Gasteiger partial charge in [0.2, 0.25) is 5.95 Å². The van der Waals surface area contributed by atoms with E-state index in [2.05, 4.69) is 24.9 Å². The second kappa shape index (κ2) is 3.10. The third kappa shape index (κ3) is 1.56. The first-order chi connectivity index (χ1) is 6.36. The third-order valence-corrected chi connectivity index (χ3v) is 1.38. The number of hydrogen-bond donors (Lipinski definition) is 1. The zero-order chi connectivity index (χ0) is 9.10. The average Bonchev–Trinajstić information content (AvgIpc) is 2.19. The lowest BCUT2D eigenvalue weighted by molar-refractivity contribution is 1.05. The van der Waals surface area contributed by atoms with Crippen LogP contribution in [-0.2, 0) is 0 Å². The van der Waals surface area contributed by atoms with Crippen molar-refractivity contribution in [1.29, 1.82) is 0 Å². The molecule has 0 unspecified atom stereocenters. The molecule has 2 aromatic heterocycles. The fraction of sp³-hybridized carbons (Fsp3) is 0. The van der Waals surface area contributed by atoms with Crippen molar-refractivity contribution >= 4 is 5.95 Å². The Kier molecular flexibility index (Phi) is 1.79.